The number of halogens is 3. The van der Waals surface area contributed by atoms with Crippen LogP contribution >= 0.6 is 0 Å². The zero-order chi connectivity index (χ0) is 16.7. The molecule has 4 rings (SSSR count). The van der Waals surface area contributed by atoms with E-state index >= 15 is 0 Å². The molecule has 1 aromatic carbocycles. The van der Waals surface area contributed by atoms with Gasteiger partial charge in [-0.15, -0.1) is 5.10 Å². The van der Waals surface area contributed by atoms with Crippen molar-refractivity contribution in [2.45, 2.75) is 25.1 Å². The lowest BCUT2D eigenvalue weighted by molar-refractivity contribution is -0.137. The van der Waals surface area contributed by atoms with Crippen LogP contribution in [-0.4, -0.2) is 21.7 Å². The van der Waals surface area contributed by atoms with Gasteiger partial charge in [0.25, 0.3) is 0 Å². The van der Waals surface area contributed by atoms with Crippen molar-refractivity contribution >= 4 is 23.1 Å². The molecule has 3 heterocycles. The lowest BCUT2D eigenvalue weighted by atomic mass is 10.2. The molecular weight excluding hydrogens is 327 g/mol. The minimum Gasteiger partial charge on any atom is -0.423 e. The van der Waals surface area contributed by atoms with E-state index in [4.69, 9.17) is 8.83 Å². The van der Waals surface area contributed by atoms with E-state index in [1.807, 2.05) is 0 Å². The molecule has 1 atom stereocenters. The van der Waals surface area contributed by atoms with Crippen LogP contribution in [-0.2, 0) is 6.18 Å². The maximum atomic E-state index is 12.7. The second-order valence-corrected chi connectivity index (χ2v) is 5.42. The predicted octanol–water partition coefficient (Wildman–Crippen LogP) is 3.40. The van der Waals surface area contributed by atoms with Crippen LogP contribution in [0, 0.1) is 0 Å². The van der Waals surface area contributed by atoms with Crippen molar-refractivity contribution in [3.63, 3.8) is 0 Å². The molecule has 1 aliphatic heterocycles. The molecule has 0 saturated carbocycles. The Morgan fingerprint density at radius 3 is 2.79 bits per heavy atom. The molecule has 126 valence electrons. The molecule has 10 heteroatoms. The normalized spacial score (nSPS) is 18.4. The van der Waals surface area contributed by atoms with Crippen LogP contribution in [0.15, 0.2) is 27.0 Å². The summed E-state index contributed by atoms with van der Waals surface area (Å²) in [5.41, 5.74) is -0.477. The Balaban J connectivity index is 1.56. The highest BCUT2D eigenvalue weighted by molar-refractivity contribution is 5.75. The Morgan fingerprint density at radius 1 is 1.17 bits per heavy atom. The molecule has 1 aliphatic rings. The molecule has 7 nitrogen and oxygen atoms in total. The smallest absolute Gasteiger partial charge is 0.416 e. The summed E-state index contributed by atoms with van der Waals surface area (Å²) in [6.07, 6.45) is -2.50. The van der Waals surface area contributed by atoms with Gasteiger partial charge in [-0.05, 0) is 37.6 Å². The first-order chi connectivity index (χ1) is 11.5. The molecule has 1 unspecified atom stereocenters. The van der Waals surface area contributed by atoms with Crippen LogP contribution in [0.1, 0.15) is 30.3 Å². The Kier molecular flexibility index (Phi) is 3.41. The number of nitrogens with zero attached hydrogens (tertiary/aromatic N) is 3. The fourth-order valence-corrected chi connectivity index (χ4v) is 2.57. The maximum Gasteiger partial charge on any atom is 0.416 e. The minimum atomic E-state index is -4.43. The van der Waals surface area contributed by atoms with Gasteiger partial charge in [0.1, 0.15) is 5.52 Å². The number of hydrogen-bond donors (Lipinski definition) is 2. The monoisotopic (exact) mass is 339 g/mol. The number of hydrogen-bond acceptors (Lipinski definition) is 7. The molecule has 1 saturated heterocycles. The first-order valence-electron chi connectivity index (χ1n) is 7.31. The Hall–Kier alpha value is -2.62. The Labute approximate surface area is 133 Å². The lowest BCUT2D eigenvalue weighted by Gasteiger charge is -2.04. The van der Waals surface area contributed by atoms with E-state index in [0.717, 1.165) is 31.5 Å². The highest BCUT2D eigenvalue weighted by Crippen LogP contribution is 2.32. The number of alkyl halides is 3. The molecule has 2 N–H and O–H groups in total. The number of aromatic nitrogens is 3. The summed E-state index contributed by atoms with van der Waals surface area (Å²) in [5, 5.41) is 13.7. The van der Waals surface area contributed by atoms with Gasteiger partial charge in [-0.2, -0.15) is 18.2 Å². The molecule has 0 amide bonds. The first-order valence-corrected chi connectivity index (χ1v) is 7.31. The summed E-state index contributed by atoms with van der Waals surface area (Å²) in [4.78, 5) is 3.97. The van der Waals surface area contributed by atoms with Gasteiger partial charge in [0.05, 0.1) is 11.6 Å². The molecule has 1 fully saturated rings. The number of anilines is 2. The zero-order valence-electron chi connectivity index (χ0n) is 12.2. The number of rotatable bonds is 3. The molecule has 0 bridgehead atoms. The quantitative estimate of drug-likeness (QED) is 0.756. The van der Waals surface area contributed by atoms with E-state index in [2.05, 4.69) is 25.8 Å². The van der Waals surface area contributed by atoms with E-state index in [9.17, 15) is 13.2 Å². The zero-order valence-corrected chi connectivity index (χ0v) is 12.2. The van der Waals surface area contributed by atoms with Crippen molar-refractivity contribution in [3.8, 4) is 0 Å². The summed E-state index contributed by atoms with van der Waals surface area (Å²) in [5.74, 6) is 0.450. The largest absolute Gasteiger partial charge is 0.423 e. The van der Waals surface area contributed by atoms with Crippen LogP contribution in [0.5, 0.6) is 0 Å². The molecule has 24 heavy (non-hydrogen) atoms. The van der Waals surface area contributed by atoms with Crippen molar-refractivity contribution in [3.05, 3.63) is 29.7 Å². The molecule has 2 aromatic heterocycles. The summed E-state index contributed by atoms with van der Waals surface area (Å²) in [6.45, 7) is 0.891. The van der Waals surface area contributed by atoms with Gasteiger partial charge in [0.15, 0.2) is 5.58 Å². The van der Waals surface area contributed by atoms with Gasteiger partial charge >= 0.3 is 18.2 Å². The fourth-order valence-electron chi connectivity index (χ4n) is 2.57. The van der Waals surface area contributed by atoms with Crippen LogP contribution in [0.4, 0.5) is 25.2 Å². The van der Waals surface area contributed by atoms with Gasteiger partial charge in [-0.1, -0.05) is 5.10 Å². The third-order valence-corrected chi connectivity index (χ3v) is 3.73. The van der Waals surface area contributed by atoms with E-state index in [-0.39, 0.29) is 29.2 Å². The highest BCUT2D eigenvalue weighted by Gasteiger charge is 2.31. The Morgan fingerprint density at radius 2 is 2.04 bits per heavy atom. The van der Waals surface area contributed by atoms with Crippen LogP contribution in [0.2, 0.25) is 0 Å². The minimum absolute atomic E-state index is 0.0149. The van der Waals surface area contributed by atoms with Crippen LogP contribution < -0.4 is 10.6 Å². The molecule has 3 aromatic rings. The average molecular weight is 339 g/mol. The van der Waals surface area contributed by atoms with Crippen molar-refractivity contribution in [2.75, 3.05) is 11.9 Å². The first kappa shape index (κ1) is 14.9. The number of nitrogens with one attached hydrogen (secondary N) is 2. The molecule has 0 radical (unpaired) electrons. The topological polar surface area (TPSA) is 89.0 Å². The number of oxazole rings is 1. The maximum absolute atomic E-state index is 12.7. The molecule has 0 aliphatic carbocycles. The molecular formula is C14H12F3N5O2. The summed E-state index contributed by atoms with van der Waals surface area (Å²) in [7, 11) is 0. The van der Waals surface area contributed by atoms with E-state index in [1.165, 1.54) is 6.07 Å². The van der Waals surface area contributed by atoms with E-state index in [1.54, 1.807) is 0 Å². The average Bonchev–Trinajstić information content (AvgIpc) is 3.25. The van der Waals surface area contributed by atoms with Gasteiger partial charge < -0.3 is 14.2 Å². The number of benzene rings is 1. The lowest BCUT2D eigenvalue weighted by Crippen LogP contribution is -2.12. The van der Waals surface area contributed by atoms with Gasteiger partial charge in [-0.25, -0.2) is 0 Å². The second kappa shape index (κ2) is 5.48. The van der Waals surface area contributed by atoms with Crippen molar-refractivity contribution in [2.24, 2.45) is 0 Å². The van der Waals surface area contributed by atoms with Crippen LogP contribution in [0.25, 0.3) is 11.1 Å². The summed E-state index contributed by atoms with van der Waals surface area (Å²) in [6, 6.07) is 3.16. The summed E-state index contributed by atoms with van der Waals surface area (Å²) < 4.78 is 48.9. The van der Waals surface area contributed by atoms with Crippen LogP contribution in [0.3, 0.4) is 0 Å². The second-order valence-electron chi connectivity index (χ2n) is 5.42. The van der Waals surface area contributed by atoms with E-state index < -0.39 is 11.7 Å². The third kappa shape index (κ3) is 2.80. The SMILES string of the molecule is FC(F)(F)c1ccc2oc(Nc3nnc(C4CCCN4)o3)nc2c1. The fraction of sp³-hybridized carbons (Fsp3) is 0.357. The van der Waals surface area contributed by atoms with Gasteiger partial charge in [-0.3, -0.25) is 5.32 Å². The third-order valence-electron chi connectivity index (χ3n) is 3.73. The van der Waals surface area contributed by atoms with Gasteiger partial charge in [0.2, 0.25) is 5.89 Å². The number of fused-ring (bicyclic) bond motifs is 1. The Bertz CT molecular complexity index is 867. The van der Waals surface area contributed by atoms with Crippen molar-refractivity contribution < 1.29 is 22.0 Å². The predicted molar refractivity (Wildman–Crippen MR) is 76.6 cm³/mol. The molecule has 0 spiro atoms. The highest BCUT2D eigenvalue weighted by atomic mass is 19.4. The summed E-state index contributed by atoms with van der Waals surface area (Å²) >= 11 is 0. The van der Waals surface area contributed by atoms with Gasteiger partial charge in [0, 0.05) is 0 Å². The van der Waals surface area contributed by atoms with E-state index in [0.29, 0.717) is 5.89 Å². The standard InChI is InChI=1S/C14H12F3N5O2/c15-14(16,17)7-3-4-10-9(6-7)19-12(23-10)20-13-22-21-11(24-13)8-2-1-5-18-8/h3-4,6,8,18H,1-2,5H2,(H,19,20,22). The van der Waals surface area contributed by atoms with Crippen molar-refractivity contribution in [1.29, 1.82) is 0 Å². The van der Waals surface area contributed by atoms with Crippen molar-refractivity contribution in [1.82, 2.24) is 20.5 Å².